The molecule has 0 spiro atoms. The van der Waals surface area contributed by atoms with Crippen LogP contribution >= 0.6 is 34.5 Å². The van der Waals surface area contributed by atoms with E-state index in [4.69, 9.17) is 23.2 Å². The molecule has 2 N–H and O–H groups in total. The van der Waals surface area contributed by atoms with Crippen LogP contribution in [0.4, 0.5) is 0 Å². The van der Waals surface area contributed by atoms with Crippen molar-refractivity contribution >= 4 is 34.5 Å². The fourth-order valence-corrected chi connectivity index (χ4v) is 3.24. The Morgan fingerprint density at radius 2 is 2.06 bits per heavy atom. The molecule has 0 saturated heterocycles. The molecule has 0 unspecified atom stereocenters. The first-order valence-corrected chi connectivity index (χ1v) is 7.59. The predicted molar refractivity (Wildman–Crippen MR) is 79.7 cm³/mol. The molecule has 18 heavy (non-hydrogen) atoms. The summed E-state index contributed by atoms with van der Waals surface area (Å²) in [6.45, 7) is 4.25. The topological polar surface area (TPSA) is 16.6 Å². The number of aryl methyl sites for hydroxylation is 1. The molecule has 0 aliphatic carbocycles. The lowest BCUT2D eigenvalue weighted by atomic mass is 10.1. The largest absolute Gasteiger partial charge is 0.342 e. The van der Waals surface area contributed by atoms with Gasteiger partial charge in [0.25, 0.3) is 0 Å². The van der Waals surface area contributed by atoms with Crippen molar-refractivity contribution in [2.75, 3.05) is 6.54 Å². The molecule has 0 radical (unpaired) electrons. The zero-order valence-corrected chi connectivity index (χ0v) is 12.6. The number of halogens is 2. The summed E-state index contributed by atoms with van der Waals surface area (Å²) >= 11 is 13.8. The van der Waals surface area contributed by atoms with Crippen molar-refractivity contribution in [3.63, 3.8) is 0 Å². The second kappa shape index (κ2) is 6.58. The SMILES string of the molecule is Cc1ccsc1C[NH2+]CCc1ccc(Cl)cc1Cl. The van der Waals surface area contributed by atoms with Gasteiger partial charge >= 0.3 is 0 Å². The van der Waals surface area contributed by atoms with E-state index in [1.165, 1.54) is 16.0 Å². The third kappa shape index (κ3) is 3.72. The molecule has 4 heteroatoms. The highest BCUT2D eigenvalue weighted by atomic mass is 35.5. The number of benzene rings is 1. The van der Waals surface area contributed by atoms with Crippen molar-refractivity contribution in [2.45, 2.75) is 19.9 Å². The summed E-state index contributed by atoms with van der Waals surface area (Å²) in [5, 5.41) is 5.93. The number of quaternary nitrogens is 1. The predicted octanol–water partition coefficient (Wildman–Crippen LogP) is 3.67. The van der Waals surface area contributed by atoms with Crippen molar-refractivity contribution in [2.24, 2.45) is 0 Å². The number of hydrogen-bond acceptors (Lipinski definition) is 1. The minimum Gasteiger partial charge on any atom is -0.342 e. The molecular weight excluding hydrogens is 285 g/mol. The zero-order chi connectivity index (χ0) is 13.0. The van der Waals surface area contributed by atoms with E-state index in [2.05, 4.69) is 23.7 Å². The summed E-state index contributed by atoms with van der Waals surface area (Å²) in [6.07, 6.45) is 0.973. The fraction of sp³-hybridized carbons (Fsp3) is 0.286. The molecular formula is C14H16Cl2NS+. The molecule has 0 aliphatic rings. The monoisotopic (exact) mass is 300 g/mol. The fourth-order valence-electron chi connectivity index (χ4n) is 1.83. The lowest BCUT2D eigenvalue weighted by molar-refractivity contribution is -0.669. The van der Waals surface area contributed by atoms with Gasteiger partial charge in [0.1, 0.15) is 6.54 Å². The van der Waals surface area contributed by atoms with E-state index in [1.54, 1.807) is 0 Å². The standard InChI is InChI=1S/C14H15Cl2NS/c1-10-5-7-18-14(10)9-17-6-4-11-2-3-12(15)8-13(11)16/h2-3,5,7-8,17H,4,6,9H2,1H3/p+1. The van der Waals surface area contributed by atoms with Gasteiger partial charge in [0, 0.05) is 16.5 Å². The molecule has 0 aliphatic heterocycles. The normalized spacial score (nSPS) is 10.8. The first-order valence-electron chi connectivity index (χ1n) is 5.95. The average molecular weight is 301 g/mol. The van der Waals surface area contributed by atoms with Crippen LogP contribution in [0.15, 0.2) is 29.6 Å². The Labute approximate surface area is 122 Å². The summed E-state index contributed by atoms with van der Waals surface area (Å²) < 4.78 is 0. The number of rotatable bonds is 5. The Morgan fingerprint density at radius 3 is 2.72 bits per heavy atom. The van der Waals surface area contributed by atoms with Crippen LogP contribution in [0, 0.1) is 6.92 Å². The van der Waals surface area contributed by atoms with E-state index < -0.39 is 0 Å². The Hall–Kier alpha value is -0.540. The van der Waals surface area contributed by atoms with Crippen molar-refractivity contribution in [3.8, 4) is 0 Å². The van der Waals surface area contributed by atoms with Crippen LogP contribution < -0.4 is 5.32 Å². The quantitative estimate of drug-likeness (QED) is 0.812. The molecule has 0 fully saturated rings. The summed E-state index contributed by atoms with van der Waals surface area (Å²) in [5.74, 6) is 0. The second-order valence-electron chi connectivity index (χ2n) is 4.29. The van der Waals surface area contributed by atoms with Gasteiger partial charge in [0.05, 0.1) is 11.4 Å². The average Bonchev–Trinajstić information content (AvgIpc) is 2.73. The molecule has 1 aromatic carbocycles. The maximum absolute atomic E-state index is 6.14. The highest BCUT2D eigenvalue weighted by molar-refractivity contribution is 7.10. The Balaban J connectivity index is 1.80. The number of thiophene rings is 1. The highest BCUT2D eigenvalue weighted by Crippen LogP contribution is 2.20. The van der Waals surface area contributed by atoms with Crippen LogP contribution in [0.25, 0.3) is 0 Å². The van der Waals surface area contributed by atoms with Gasteiger partial charge < -0.3 is 5.32 Å². The Bertz CT molecular complexity index is 522. The summed E-state index contributed by atoms with van der Waals surface area (Å²) in [6, 6.07) is 7.88. The Morgan fingerprint density at radius 1 is 1.22 bits per heavy atom. The third-order valence-corrected chi connectivity index (χ3v) is 4.56. The smallest absolute Gasteiger partial charge is 0.111 e. The first-order chi connectivity index (χ1) is 8.66. The van der Waals surface area contributed by atoms with Crippen molar-refractivity contribution in [1.29, 1.82) is 0 Å². The van der Waals surface area contributed by atoms with E-state index in [0.717, 1.165) is 24.5 Å². The number of nitrogens with two attached hydrogens (primary N) is 1. The van der Waals surface area contributed by atoms with Gasteiger partial charge in [0.2, 0.25) is 0 Å². The summed E-state index contributed by atoms with van der Waals surface area (Å²) in [5.41, 5.74) is 2.56. The molecule has 2 aromatic rings. The summed E-state index contributed by atoms with van der Waals surface area (Å²) in [7, 11) is 0. The molecule has 1 heterocycles. The number of hydrogen-bond donors (Lipinski definition) is 1. The lowest BCUT2D eigenvalue weighted by Crippen LogP contribution is -2.83. The van der Waals surface area contributed by atoms with Crippen molar-refractivity contribution in [3.05, 3.63) is 55.7 Å². The van der Waals surface area contributed by atoms with E-state index in [-0.39, 0.29) is 0 Å². The maximum Gasteiger partial charge on any atom is 0.111 e. The molecule has 1 nitrogen and oxygen atoms in total. The lowest BCUT2D eigenvalue weighted by Gasteiger charge is -2.04. The third-order valence-electron chi connectivity index (χ3n) is 2.93. The zero-order valence-electron chi connectivity index (χ0n) is 10.2. The van der Waals surface area contributed by atoms with Crippen LogP contribution in [-0.2, 0) is 13.0 Å². The molecule has 1 aromatic heterocycles. The van der Waals surface area contributed by atoms with Gasteiger partial charge in [0.15, 0.2) is 0 Å². The molecule has 0 amide bonds. The molecule has 2 rings (SSSR count). The maximum atomic E-state index is 6.14. The second-order valence-corrected chi connectivity index (χ2v) is 6.14. The van der Waals surface area contributed by atoms with Gasteiger partial charge in [-0.15, -0.1) is 11.3 Å². The van der Waals surface area contributed by atoms with Crippen LogP contribution in [0.1, 0.15) is 16.0 Å². The van der Waals surface area contributed by atoms with Gasteiger partial charge in [-0.1, -0.05) is 29.3 Å². The van der Waals surface area contributed by atoms with Gasteiger partial charge in [-0.2, -0.15) is 0 Å². The van der Waals surface area contributed by atoms with Gasteiger partial charge in [-0.3, -0.25) is 0 Å². The van der Waals surface area contributed by atoms with Crippen molar-refractivity contribution in [1.82, 2.24) is 0 Å². The highest BCUT2D eigenvalue weighted by Gasteiger charge is 2.04. The van der Waals surface area contributed by atoms with Crippen molar-refractivity contribution < 1.29 is 5.32 Å². The molecule has 0 atom stereocenters. The van der Waals surface area contributed by atoms with E-state index in [0.29, 0.717) is 5.02 Å². The van der Waals surface area contributed by atoms with Gasteiger partial charge in [-0.25, -0.2) is 0 Å². The van der Waals surface area contributed by atoms with E-state index in [1.807, 2.05) is 29.5 Å². The van der Waals surface area contributed by atoms with E-state index >= 15 is 0 Å². The van der Waals surface area contributed by atoms with Crippen LogP contribution in [0.3, 0.4) is 0 Å². The van der Waals surface area contributed by atoms with E-state index in [9.17, 15) is 0 Å². The minimum atomic E-state index is 0.696. The van der Waals surface area contributed by atoms with Crippen LogP contribution in [-0.4, -0.2) is 6.54 Å². The molecule has 0 bridgehead atoms. The minimum absolute atomic E-state index is 0.696. The first kappa shape index (κ1) is 13.9. The summed E-state index contributed by atoms with van der Waals surface area (Å²) in [4.78, 5) is 1.46. The van der Waals surface area contributed by atoms with Crippen LogP contribution in [0.5, 0.6) is 0 Å². The van der Waals surface area contributed by atoms with Gasteiger partial charge in [-0.05, 0) is 41.6 Å². The molecule has 96 valence electrons. The Kier molecular flexibility index (Phi) is 5.07. The van der Waals surface area contributed by atoms with Crippen LogP contribution in [0.2, 0.25) is 10.0 Å². The molecule has 0 saturated carbocycles.